The van der Waals surface area contributed by atoms with E-state index >= 15 is 0 Å². The highest BCUT2D eigenvalue weighted by Crippen LogP contribution is 2.28. The molecular formula is C22H19N3O5. The highest BCUT2D eigenvalue weighted by Gasteiger charge is 2.10. The van der Waals surface area contributed by atoms with Crippen LogP contribution in [-0.4, -0.2) is 29.9 Å². The summed E-state index contributed by atoms with van der Waals surface area (Å²) in [6.07, 6.45) is 4.71. The number of ketones is 1. The molecule has 0 saturated carbocycles. The lowest BCUT2D eigenvalue weighted by Crippen LogP contribution is -1.99. The van der Waals surface area contributed by atoms with Gasteiger partial charge in [0.2, 0.25) is 0 Å². The SMILES string of the molecule is COc1ccc(C(=O)C=Cc2cccnc2Nc2ccc([N+](=O)[O-])cc2)cc1OC. The maximum absolute atomic E-state index is 12.6. The number of allylic oxidation sites excluding steroid dienone is 1. The van der Waals surface area contributed by atoms with Gasteiger partial charge in [-0.1, -0.05) is 0 Å². The Morgan fingerprint density at radius 2 is 1.80 bits per heavy atom. The minimum Gasteiger partial charge on any atom is -0.493 e. The van der Waals surface area contributed by atoms with Crippen LogP contribution in [0.4, 0.5) is 17.2 Å². The number of aromatic nitrogens is 1. The van der Waals surface area contributed by atoms with Gasteiger partial charge in [0.05, 0.1) is 19.1 Å². The van der Waals surface area contributed by atoms with Crippen molar-refractivity contribution in [3.8, 4) is 11.5 Å². The minimum atomic E-state index is -0.460. The van der Waals surface area contributed by atoms with Crippen LogP contribution in [0.25, 0.3) is 6.08 Å². The number of nitro groups is 1. The van der Waals surface area contributed by atoms with Gasteiger partial charge >= 0.3 is 0 Å². The molecule has 0 atom stereocenters. The van der Waals surface area contributed by atoms with Crippen LogP contribution in [0.2, 0.25) is 0 Å². The summed E-state index contributed by atoms with van der Waals surface area (Å²) >= 11 is 0. The molecule has 8 heteroatoms. The number of ether oxygens (including phenoxy) is 2. The Morgan fingerprint density at radius 3 is 2.47 bits per heavy atom. The molecule has 8 nitrogen and oxygen atoms in total. The first-order valence-electron chi connectivity index (χ1n) is 8.92. The van der Waals surface area contributed by atoms with E-state index in [1.165, 1.54) is 32.4 Å². The fraction of sp³-hybridized carbons (Fsp3) is 0.0909. The average molecular weight is 405 g/mol. The first-order valence-corrected chi connectivity index (χ1v) is 8.92. The average Bonchev–Trinajstić information content (AvgIpc) is 2.78. The van der Waals surface area contributed by atoms with Crippen LogP contribution in [0.3, 0.4) is 0 Å². The number of carbonyl (C=O) groups excluding carboxylic acids is 1. The first kappa shape index (κ1) is 20.5. The summed E-state index contributed by atoms with van der Waals surface area (Å²) in [5.41, 5.74) is 1.78. The number of benzene rings is 2. The summed E-state index contributed by atoms with van der Waals surface area (Å²) < 4.78 is 10.4. The number of methoxy groups -OCH3 is 2. The van der Waals surface area contributed by atoms with E-state index in [1.54, 1.807) is 54.7 Å². The molecule has 0 spiro atoms. The fourth-order valence-electron chi connectivity index (χ4n) is 2.71. The van der Waals surface area contributed by atoms with Crippen LogP contribution in [0.1, 0.15) is 15.9 Å². The maximum atomic E-state index is 12.6. The zero-order valence-corrected chi connectivity index (χ0v) is 16.4. The molecule has 0 aliphatic carbocycles. The standard InChI is InChI=1S/C22H19N3O5/c1-29-20-12-6-16(14-21(20)30-2)19(26)11-5-15-4-3-13-23-22(15)24-17-7-9-18(10-8-17)25(27)28/h3-14H,1-2H3,(H,23,24). The number of nitro benzene ring substituents is 1. The van der Waals surface area contributed by atoms with Gasteiger partial charge in [-0.05, 0) is 54.6 Å². The molecule has 1 aromatic heterocycles. The molecule has 0 aliphatic heterocycles. The molecule has 0 radical (unpaired) electrons. The number of pyridine rings is 1. The summed E-state index contributed by atoms with van der Waals surface area (Å²) in [5.74, 6) is 1.32. The molecule has 0 saturated heterocycles. The molecule has 0 unspecified atom stereocenters. The molecule has 3 rings (SSSR count). The minimum absolute atomic E-state index is 0.00204. The van der Waals surface area contributed by atoms with E-state index in [1.807, 2.05) is 0 Å². The van der Waals surface area contributed by atoms with Gasteiger partial charge in [0.1, 0.15) is 5.82 Å². The van der Waals surface area contributed by atoms with Crippen LogP contribution in [0, 0.1) is 10.1 Å². The van der Waals surface area contributed by atoms with Crippen molar-refractivity contribution in [1.82, 2.24) is 4.98 Å². The smallest absolute Gasteiger partial charge is 0.269 e. The van der Waals surface area contributed by atoms with Gasteiger partial charge in [-0.15, -0.1) is 0 Å². The van der Waals surface area contributed by atoms with Crippen molar-refractivity contribution >= 4 is 29.1 Å². The molecular weight excluding hydrogens is 386 g/mol. The van der Waals surface area contributed by atoms with E-state index in [0.717, 1.165) is 0 Å². The number of non-ortho nitro benzene ring substituents is 1. The van der Waals surface area contributed by atoms with Crippen molar-refractivity contribution in [2.45, 2.75) is 0 Å². The highest BCUT2D eigenvalue weighted by molar-refractivity contribution is 6.07. The zero-order valence-electron chi connectivity index (χ0n) is 16.4. The molecule has 2 aromatic carbocycles. The van der Waals surface area contributed by atoms with E-state index in [-0.39, 0.29) is 11.5 Å². The van der Waals surface area contributed by atoms with Crippen LogP contribution in [0.15, 0.2) is 66.9 Å². The number of carbonyl (C=O) groups is 1. The fourth-order valence-corrected chi connectivity index (χ4v) is 2.71. The second kappa shape index (κ2) is 9.33. The molecule has 3 aromatic rings. The van der Waals surface area contributed by atoms with Crippen molar-refractivity contribution in [1.29, 1.82) is 0 Å². The number of rotatable bonds is 8. The van der Waals surface area contributed by atoms with Crippen LogP contribution < -0.4 is 14.8 Å². The van der Waals surface area contributed by atoms with Crippen molar-refractivity contribution in [3.05, 3.63) is 88.1 Å². The van der Waals surface area contributed by atoms with Gasteiger partial charge < -0.3 is 14.8 Å². The molecule has 30 heavy (non-hydrogen) atoms. The van der Waals surface area contributed by atoms with Crippen molar-refractivity contribution in [2.75, 3.05) is 19.5 Å². The molecule has 0 fully saturated rings. The Kier molecular flexibility index (Phi) is 6.39. The largest absolute Gasteiger partial charge is 0.493 e. The molecule has 0 amide bonds. The summed E-state index contributed by atoms with van der Waals surface area (Å²) in [4.78, 5) is 27.2. The molecule has 152 valence electrons. The number of nitrogens with one attached hydrogen (secondary N) is 1. The van der Waals surface area contributed by atoms with Crippen LogP contribution in [0.5, 0.6) is 11.5 Å². The van der Waals surface area contributed by atoms with Gasteiger partial charge in [0.15, 0.2) is 17.3 Å². The van der Waals surface area contributed by atoms with Gasteiger partial charge in [-0.2, -0.15) is 0 Å². The van der Waals surface area contributed by atoms with Crippen molar-refractivity contribution in [3.63, 3.8) is 0 Å². The van der Waals surface area contributed by atoms with Crippen LogP contribution >= 0.6 is 0 Å². The van der Waals surface area contributed by atoms with E-state index in [4.69, 9.17) is 9.47 Å². The quantitative estimate of drug-likeness (QED) is 0.252. The third-order valence-electron chi connectivity index (χ3n) is 4.26. The summed E-state index contributed by atoms with van der Waals surface area (Å²) in [6.45, 7) is 0. The third kappa shape index (κ3) is 4.79. The van der Waals surface area contributed by atoms with Crippen LogP contribution in [-0.2, 0) is 0 Å². The van der Waals surface area contributed by atoms with E-state index in [0.29, 0.717) is 34.1 Å². The number of hydrogen-bond donors (Lipinski definition) is 1. The normalized spacial score (nSPS) is 10.6. The summed E-state index contributed by atoms with van der Waals surface area (Å²) in [5, 5.41) is 13.9. The lowest BCUT2D eigenvalue weighted by Gasteiger charge is -2.09. The maximum Gasteiger partial charge on any atom is 0.269 e. The summed E-state index contributed by atoms with van der Waals surface area (Å²) in [6, 6.07) is 14.5. The number of anilines is 2. The Labute approximate surface area is 172 Å². The van der Waals surface area contributed by atoms with E-state index in [2.05, 4.69) is 10.3 Å². The van der Waals surface area contributed by atoms with Gasteiger partial charge in [-0.3, -0.25) is 14.9 Å². The van der Waals surface area contributed by atoms with E-state index < -0.39 is 4.92 Å². The van der Waals surface area contributed by atoms with Crippen molar-refractivity contribution in [2.24, 2.45) is 0 Å². The first-order chi connectivity index (χ1) is 14.5. The third-order valence-corrected chi connectivity index (χ3v) is 4.26. The van der Waals surface area contributed by atoms with Gasteiger partial charge in [-0.25, -0.2) is 4.98 Å². The molecule has 0 aliphatic rings. The number of nitrogens with zero attached hydrogens (tertiary/aromatic N) is 2. The van der Waals surface area contributed by atoms with Crippen molar-refractivity contribution < 1.29 is 19.2 Å². The number of hydrogen-bond acceptors (Lipinski definition) is 7. The summed E-state index contributed by atoms with van der Waals surface area (Å²) in [7, 11) is 3.04. The second-order valence-corrected chi connectivity index (χ2v) is 6.14. The monoisotopic (exact) mass is 405 g/mol. The topological polar surface area (TPSA) is 104 Å². The Balaban J connectivity index is 1.79. The zero-order chi connectivity index (χ0) is 21.5. The molecule has 1 heterocycles. The lowest BCUT2D eigenvalue weighted by atomic mass is 10.1. The van der Waals surface area contributed by atoms with E-state index in [9.17, 15) is 14.9 Å². The van der Waals surface area contributed by atoms with Gasteiger partial charge in [0, 0.05) is 35.1 Å². The molecule has 1 N–H and O–H groups in total. The Morgan fingerprint density at radius 1 is 1.07 bits per heavy atom. The molecule has 0 bridgehead atoms. The Bertz CT molecular complexity index is 1090. The second-order valence-electron chi connectivity index (χ2n) is 6.14. The van der Waals surface area contributed by atoms with Gasteiger partial charge in [0.25, 0.3) is 5.69 Å². The predicted molar refractivity (Wildman–Crippen MR) is 114 cm³/mol. The predicted octanol–water partition coefficient (Wildman–Crippen LogP) is 4.65. The Hall–Kier alpha value is -4.20. The lowest BCUT2D eigenvalue weighted by molar-refractivity contribution is -0.384. The highest BCUT2D eigenvalue weighted by atomic mass is 16.6.